The van der Waals surface area contributed by atoms with Crippen molar-refractivity contribution in [2.75, 3.05) is 11.9 Å². The molecular formula is C15H19N5O2. The van der Waals surface area contributed by atoms with E-state index in [1.807, 2.05) is 31.3 Å². The van der Waals surface area contributed by atoms with Crippen molar-refractivity contribution < 1.29 is 9.59 Å². The molecule has 1 aromatic heterocycles. The van der Waals surface area contributed by atoms with Crippen LogP contribution in [0.15, 0.2) is 42.6 Å². The van der Waals surface area contributed by atoms with Gasteiger partial charge in [-0.3, -0.25) is 9.48 Å². The van der Waals surface area contributed by atoms with Gasteiger partial charge in [0.25, 0.3) is 0 Å². The molecule has 0 radical (unpaired) electrons. The molecule has 3 amide bonds. The molecular weight excluding hydrogens is 282 g/mol. The van der Waals surface area contributed by atoms with Crippen LogP contribution < -0.4 is 16.0 Å². The molecule has 0 saturated carbocycles. The van der Waals surface area contributed by atoms with E-state index in [-0.39, 0.29) is 24.9 Å². The molecule has 0 unspecified atom stereocenters. The number of benzene rings is 1. The van der Waals surface area contributed by atoms with Gasteiger partial charge in [0, 0.05) is 31.9 Å². The first kappa shape index (κ1) is 15.6. The Morgan fingerprint density at radius 1 is 1.14 bits per heavy atom. The zero-order chi connectivity index (χ0) is 15.8. The van der Waals surface area contributed by atoms with Crippen LogP contribution in [0.2, 0.25) is 0 Å². The predicted molar refractivity (Wildman–Crippen MR) is 83.1 cm³/mol. The fourth-order valence-electron chi connectivity index (χ4n) is 1.84. The van der Waals surface area contributed by atoms with Gasteiger partial charge in [-0.2, -0.15) is 5.10 Å². The van der Waals surface area contributed by atoms with Gasteiger partial charge in [0.15, 0.2) is 0 Å². The molecule has 0 spiro atoms. The Morgan fingerprint density at radius 3 is 2.59 bits per heavy atom. The van der Waals surface area contributed by atoms with Gasteiger partial charge in [-0.25, -0.2) is 4.79 Å². The predicted octanol–water partition coefficient (Wildman–Crippen LogP) is 1.25. The summed E-state index contributed by atoms with van der Waals surface area (Å²) < 4.78 is 1.70. The van der Waals surface area contributed by atoms with Crippen molar-refractivity contribution in [3.8, 4) is 0 Å². The van der Waals surface area contributed by atoms with E-state index in [2.05, 4.69) is 21.0 Å². The molecule has 7 nitrogen and oxygen atoms in total. The Morgan fingerprint density at radius 2 is 1.91 bits per heavy atom. The first-order chi connectivity index (χ1) is 10.6. The minimum absolute atomic E-state index is 0.124. The maximum absolute atomic E-state index is 11.7. The summed E-state index contributed by atoms with van der Waals surface area (Å²) in [4.78, 5) is 23.3. The highest BCUT2D eigenvalue weighted by Crippen LogP contribution is 2.03. The molecule has 0 saturated heterocycles. The highest BCUT2D eigenvalue weighted by Gasteiger charge is 2.05. The van der Waals surface area contributed by atoms with Crippen LogP contribution in [0.3, 0.4) is 0 Å². The van der Waals surface area contributed by atoms with Crippen molar-refractivity contribution in [1.82, 2.24) is 20.4 Å². The molecule has 0 fully saturated rings. The normalized spacial score (nSPS) is 10.0. The third kappa shape index (κ3) is 4.93. The van der Waals surface area contributed by atoms with Crippen LogP contribution in [0.1, 0.15) is 12.1 Å². The Kier molecular flexibility index (Phi) is 5.53. The van der Waals surface area contributed by atoms with E-state index in [9.17, 15) is 9.59 Å². The number of anilines is 1. The van der Waals surface area contributed by atoms with Crippen LogP contribution in [-0.2, 0) is 18.4 Å². The van der Waals surface area contributed by atoms with Crippen molar-refractivity contribution in [3.63, 3.8) is 0 Å². The molecule has 7 heteroatoms. The SMILES string of the molecule is Cn1nccc1CNC(=O)CCNC(=O)Nc1ccccc1. The number of nitrogens with one attached hydrogen (secondary N) is 3. The number of rotatable bonds is 6. The van der Waals surface area contributed by atoms with E-state index in [0.29, 0.717) is 12.2 Å². The Balaban J connectivity index is 1.62. The molecule has 0 aliphatic rings. The summed E-state index contributed by atoms with van der Waals surface area (Å²) in [5, 5.41) is 12.1. The van der Waals surface area contributed by atoms with Crippen molar-refractivity contribution in [3.05, 3.63) is 48.3 Å². The van der Waals surface area contributed by atoms with Gasteiger partial charge in [-0.05, 0) is 18.2 Å². The van der Waals surface area contributed by atoms with E-state index < -0.39 is 0 Å². The van der Waals surface area contributed by atoms with Crippen LogP contribution in [0.5, 0.6) is 0 Å². The lowest BCUT2D eigenvalue weighted by Gasteiger charge is -2.08. The molecule has 3 N–H and O–H groups in total. The van der Waals surface area contributed by atoms with Crippen LogP contribution >= 0.6 is 0 Å². The highest BCUT2D eigenvalue weighted by atomic mass is 16.2. The molecule has 0 atom stereocenters. The Bertz CT molecular complexity index is 624. The first-order valence-corrected chi connectivity index (χ1v) is 6.98. The minimum atomic E-state index is -0.328. The van der Waals surface area contributed by atoms with E-state index in [1.165, 1.54) is 0 Å². The van der Waals surface area contributed by atoms with Gasteiger partial charge in [0.05, 0.1) is 12.2 Å². The third-order valence-corrected chi connectivity index (χ3v) is 3.06. The molecule has 0 bridgehead atoms. The van der Waals surface area contributed by atoms with Crippen LogP contribution in [0.25, 0.3) is 0 Å². The smallest absolute Gasteiger partial charge is 0.319 e. The van der Waals surface area contributed by atoms with E-state index in [0.717, 1.165) is 5.69 Å². The number of urea groups is 1. The number of aromatic nitrogens is 2. The highest BCUT2D eigenvalue weighted by molar-refractivity contribution is 5.89. The van der Waals surface area contributed by atoms with Crippen molar-refractivity contribution in [2.24, 2.45) is 7.05 Å². The van der Waals surface area contributed by atoms with E-state index in [4.69, 9.17) is 0 Å². The topological polar surface area (TPSA) is 88.1 Å². The summed E-state index contributed by atoms with van der Waals surface area (Å²) in [6, 6.07) is 10.6. The number of carbonyl (C=O) groups excluding carboxylic acids is 2. The molecule has 2 aromatic rings. The maximum Gasteiger partial charge on any atom is 0.319 e. The summed E-state index contributed by atoms with van der Waals surface area (Å²) >= 11 is 0. The van der Waals surface area contributed by atoms with E-state index in [1.54, 1.807) is 23.0 Å². The van der Waals surface area contributed by atoms with Crippen molar-refractivity contribution >= 4 is 17.6 Å². The summed E-state index contributed by atoms with van der Waals surface area (Å²) in [5.74, 6) is -0.124. The third-order valence-electron chi connectivity index (χ3n) is 3.06. The number of amides is 3. The van der Waals surface area contributed by atoms with Gasteiger partial charge in [0.1, 0.15) is 0 Å². The molecule has 2 rings (SSSR count). The summed E-state index contributed by atoms with van der Waals surface area (Å²) in [6.45, 7) is 0.696. The number of para-hydroxylation sites is 1. The molecule has 1 heterocycles. The summed E-state index contributed by atoms with van der Waals surface area (Å²) in [5.41, 5.74) is 1.63. The average Bonchev–Trinajstić information content (AvgIpc) is 2.91. The number of nitrogens with zero attached hydrogens (tertiary/aromatic N) is 2. The van der Waals surface area contributed by atoms with Crippen LogP contribution in [0, 0.1) is 0 Å². The molecule has 0 aliphatic heterocycles. The monoisotopic (exact) mass is 301 g/mol. The molecule has 22 heavy (non-hydrogen) atoms. The zero-order valence-corrected chi connectivity index (χ0v) is 12.4. The second-order valence-corrected chi connectivity index (χ2v) is 4.72. The standard InChI is InChI=1S/C15H19N5O2/c1-20-13(7-10-18-20)11-17-14(21)8-9-16-15(22)19-12-5-3-2-4-6-12/h2-7,10H,8-9,11H2,1H3,(H,17,21)(H2,16,19,22). The first-order valence-electron chi connectivity index (χ1n) is 6.98. The number of hydrogen-bond donors (Lipinski definition) is 3. The van der Waals surface area contributed by atoms with E-state index >= 15 is 0 Å². The van der Waals surface area contributed by atoms with Gasteiger partial charge in [0.2, 0.25) is 5.91 Å². The Labute approximate surface area is 128 Å². The second kappa shape index (κ2) is 7.82. The lowest BCUT2D eigenvalue weighted by atomic mass is 10.3. The number of carbonyl (C=O) groups is 2. The van der Waals surface area contributed by atoms with Gasteiger partial charge >= 0.3 is 6.03 Å². The maximum atomic E-state index is 11.7. The van der Waals surface area contributed by atoms with Gasteiger partial charge in [-0.1, -0.05) is 18.2 Å². The largest absolute Gasteiger partial charge is 0.350 e. The fourth-order valence-corrected chi connectivity index (χ4v) is 1.84. The fraction of sp³-hybridized carbons (Fsp3) is 0.267. The summed E-state index contributed by atoms with van der Waals surface area (Å²) in [6.07, 6.45) is 1.90. The quantitative estimate of drug-likeness (QED) is 0.750. The van der Waals surface area contributed by atoms with Crippen LogP contribution in [0.4, 0.5) is 10.5 Å². The lowest BCUT2D eigenvalue weighted by molar-refractivity contribution is -0.121. The number of aryl methyl sites for hydroxylation is 1. The molecule has 0 aliphatic carbocycles. The average molecular weight is 301 g/mol. The van der Waals surface area contributed by atoms with Crippen LogP contribution in [-0.4, -0.2) is 28.3 Å². The zero-order valence-electron chi connectivity index (χ0n) is 12.4. The molecule has 1 aromatic carbocycles. The minimum Gasteiger partial charge on any atom is -0.350 e. The van der Waals surface area contributed by atoms with Gasteiger partial charge in [-0.15, -0.1) is 0 Å². The van der Waals surface area contributed by atoms with Gasteiger partial charge < -0.3 is 16.0 Å². The van der Waals surface area contributed by atoms with Crippen molar-refractivity contribution in [2.45, 2.75) is 13.0 Å². The lowest BCUT2D eigenvalue weighted by Crippen LogP contribution is -2.33. The van der Waals surface area contributed by atoms with Crippen molar-refractivity contribution in [1.29, 1.82) is 0 Å². The number of hydrogen-bond acceptors (Lipinski definition) is 3. The second-order valence-electron chi connectivity index (χ2n) is 4.72. The summed E-state index contributed by atoms with van der Waals surface area (Å²) in [7, 11) is 1.82. The molecule has 116 valence electrons. The Hall–Kier alpha value is -2.83.